The Morgan fingerprint density at radius 3 is 2.95 bits per heavy atom. The van der Waals surface area contributed by atoms with Crippen molar-refractivity contribution in [2.75, 3.05) is 13.2 Å². The lowest BCUT2D eigenvalue weighted by Crippen LogP contribution is -2.29. The molecule has 0 heterocycles. The van der Waals surface area contributed by atoms with Crippen LogP contribution in [0.4, 0.5) is 0 Å². The SMILES string of the molecule is CC(N)Cc1ccc(OCC(=O)NCCC#N)c(Br)c1. The first kappa shape index (κ1) is 16.5. The largest absolute Gasteiger partial charge is 0.483 e. The van der Waals surface area contributed by atoms with E-state index in [1.807, 2.05) is 31.2 Å². The molecule has 3 N–H and O–H groups in total. The number of ether oxygens (including phenoxy) is 1. The molecule has 1 atom stereocenters. The molecule has 1 aromatic rings. The van der Waals surface area contributed by atoms with Crippen LogP contribution in [0, 0.1) is 11.3 Å². The van der Waals surface area contributed by atoms with E-state index in [1.165, 1.54) is 0 Å². The van der Waals surface area contributed by atoms with Crippen LogP contribution in [0.1, 0.15) is 18.9 Å². The number of carbonyl (C=O) groups excluding carboxylic acids is 1. The van der Waals surface area contributed by atoms with E-state index < -0.39 is 0 Å². The number of carbonyl (C=O) groups is 1. The molecular formula is C14H18BrN3O2. The molecular weight excluding hydrogens is 322 g/mol. The van der Waals surface area contributed by atoms with E-state index in [4.69, 9.17) is 15.7 Å². The topological polar surface area (TPSA) is 88.1 Å². The minimum atomic E-state index is -0.244. The number of amides is 1. The van der Waals surface area contributed by atoms with Crippen molar-refractivity contribution in [3.63, 3.8) is 0 Å². The van der Waals surface area contributed by atoms with Crippen molar-refractivity contribution in [1.29, 1.82) is 5.26 Å². The van der Waals surface area contributed by atoms with Crippen LogP contribution in [0.25, 0.3) is 0 Å². The number of hydrogen-bond donors (Lipinski definition) is 2. The average Bonchev–Trinajstić information content (AvgIpc) is 2.37. The van der Waals surface area contributed by atoms with Crippen molar-refractivity contribution >= 4 is 21.8 Å². The Balaban J connectivity index is 2.48. The van der Waals surface area contributed by atoms with Gasteiger partial charge in [-0.05, 0) is 47.0 Å². The molecule has 0 aliphatic rings. The molecule has 20 heavy (non-hydrogen) atoms. The van der Waals surface area contributed by atoms with Crippen LogP contribution in [0.3, 0.4) is 0 Å². The first-order valence-corrected chi connectivity index (χ1v) is 7.12. The molecule has 0 fully saturated rings. The summed E-state index contributed by atoms with van der Waals surface area (Å²) >= 11 is 3.41. The minimum Gasteiger partial charge on any atom is -0.483 e. The maximum Gasteiger partial charge on any atom is 0.257 e. The highest BCUT2D eigenvalue weighted by Gasteiger charge is 2.07. The number of halogens is 1. The van der Waals surface area contributed by atoms with Gasteiger partial charge in [0.25, 0.3) is 5.91 Å². The summed E-state index contributed by atoms with van der Waals surface area (Å²) < 4.78 is 6.21. The standard InChI is InChI=1S/C14H18BrN3O2/c1-10(17)7-11-3-4-13(12(15)8-11)20-9-14(19)18-6-2-5-16/h3-4,8,10H,2,6-7,9,17H2,1H3,(H,18,19). The van der Waals surface area contributed by atoms with Crippen molar-refractivity contribution < 1.29 is 9.53 Å². The molecule has 0 bridgehead atoms. The molecule has 108 valence electrons. The molecule has 6 heteroatoms. The molecule has 0 spiro atoms. The van der Waals surface area contributed by atoms with Gasteiger partial charge in [-0.25, -0.2) is 0 Å². The first-order chi connectivity index (χ1) is 9.52. The van der Waals surface area contributed by atoms with Gasteiger partial charge in [-0.3, -0.25) is 4.79 Å². The number of nitrogens with two attached hydrogens (primary N) is 1. The van der Waals surface area contributed by atoms with E-state index in [0.29, 0.717) is 18.7 Å². The maximum absolute atomic E-state index is 11.4. The van der Waals surface area contributed by atoms with Crippen LogP contribution in [0.15, 0.2) is 22.7 Å². The summed E-state index contributed by atoms with van der Waals surface area (Å²) in [5.74, 6) is 0.362. The van der Waals surface area contributed by atoms with Crippen molar-refractivity contribution in [2.24, 2.45) is 5.73 Å². The summed E-state index contributed by atoms with van der Waals surface area (Å²) in [6.45, 7) is 2.22. The van der Waals surface area contributed by atoms with Crippen molar-refractivity contribution in [2.45, 2.75) is 25.8 Å². The van der Waals surface area contributed by atoms with Crippen molar-refractivity contribution in [1.82, 2.24) is 5.32 Å². The van der Waals surface area contributed by atoms with Gasteiger partial charge in [0, 0.05) is 12.6 Å². The molecule has 1 rings (SSSR count). The van der Waals surface area contributed by atoms with Crippen LogP contribution in [0.2, 0.25) is 0 Å². The maximum atomic E-state index is 11.4. The number of nitrogens with one attached hydrogen (secondary N) is 1. The highest BCUT2D eigenvalue weighted by molar-refractivity contribution is 9.10. The van der Waals surface area contributed by atoms with E-state index in [2.05, 4.69) is 21.2 Å². The smallest absolute Gasteiger partial charge is 0.257 e. The number of nitrogens with zero attached hydrogens (tertiary/aromatic N) is 1. The van der Waals surface area contributed by atoms with Gasteiger partial charge in [-0.15, -0.1) is 0 Å². The van der Waals surface area contributed by atoms with Gasteiger partial charge in [0.05, 0.1) is 17.0 Å². The summed E-state index contributed by atoms with van der Waals surface area (Å²) in [6.07, 6.45) is 1.08. The van der Waals surface area contributed by atoms with Gasteiger partial charge < -0.3 is 15.8 Å². The predicted octanol–water partition coefficient (Wildman–Crippen LogP) is 1.75. The summed E-state index contributed by atoms with van der Waals surface area (Å²) in [7, 11) is 0. The third-order valence-electron chi connectivity index (χ3n) is 2.47. The summed E-state index contributed by atoms with van der Waals surface area (Å²) in [6, 6.07) is 7.73. The Morgan fingerprint density at radius 1 is 1.60 bits per heavy atom. The molecule has 1 amide bonds. The molecule has 0 aliphatic carbocycles. The molecule has 0 radical (unpaired) electrons. The molecule has 0 aliphatic heterocycles. The van der Waals surface area contributed by atoms with Crippen LogP contribution in [-0.2, 0) is 11.2 Å². The van der Waals surface area contributed by atoms with Crippen molar-refractivity contribution in [3.8, 4) is 11.8 Å². The first-order valence-electron chi connectivity index (χ1n) is 6.33. The Morgan fingerprint density at radius 2 is 2.35 bits per heavy atom. The lowest BCUT2D eigenvalue weighted by molar-refractivity contribution is -0.123. The number of hydrogen-bond acceptors (Lipinski definition) is 4. The van der Waals surface area contributed by atoms with E-state index >= 15 is 0 Å². The second kappa shape index (κ2) is 8.56. The lowest BCUT2D eigenvalue weighted by atomic mass is 10.1. The van der Waals surface area contributed by atoms with E-state index in [0.717, 1.165) is 16.5 Å². The third kappa shape index (κ3) is 6.04. The monoisotopic (exact) mass is 339 g/mol. The van der Waals surface area contributed by atoms with Crippen molar-refractivity contribution in [3.05, 3.63) is 28.2 Å². The van der Waals surface area contributed by atoms with Gasteiger partial charge >= 0.3 is 0 Å². The predicted molar refractivity (Wildman–Crippen MR) is 80.2 cm³/mol. The molecule has 1 unspecified atom stereocenters. The van der Waals surface area contributed by atoms with Crippen LogP contribution >= 0.6 is 15.9 Å². The molecule has 0 saturated carbocycles. The molecule has 5 nitrogen and oxygen atoms in total. The Kier molecular flexibility index (Phi) is 7.05. The Bertz CT molecular complexity index is 498. The van der Waals surface area contributed by atoms with E-state index in [9.17, 15) is 4.79 Å². The fourth-order valence-electron chi connectivity index (χ4n) is 1.61. The highest BCUT2D eigenvalue weighted by atomic mass is 79.9. The minimum absolute atomic E-state index is 0.0728. The summed E-state index contributed by atoms with van der Waals surface area (Å²) in [5.41, 5.74) is 6.86. The Labute approximate surface area is 127 Å². The van der Waals surface area contributed by atoms with Crippen LogP contribution < -0.4 is 15.8 Å². The molecule has 0 saturated heterocycles. The number of rotatable bonds is 7. The zero-order valence-electron chi connectivity index (χ0n) is 11.4. The second-order valence-electron chi connectivity index (χ2n) is 4.49. The van der Waals surface area contributed by atoms with Gasteiger partial charge in [-0.2, -0.15) is 5.26 Å². The van der Waals surface area contributed by atoms with Gasteiger partial charge in [0.15, 0.2) is 6.61 Å². The quantitative estimate of drug-likeness (QED) is 0.740. The normalized spacial score (nSPS) is 11.5. The summed E-state index contributed by atoms with van der Waals surface area (Å²) in [5, 5.41) is 11.0. The third-order valence-corrected chi connectivity index (χ3v) is 3.09. The lowest BCUT2D eigenvalue weighted by Gasteiger charge is -2.11. The fourth-order valence-corrected chi connectivity index (χ4v) is 2.15. The Hall–Kier alpha value is -1.58. The van der Waals surface area contributed by atoms with Gasteiger partial charge in [-0.1, -0.05) is 6.07 Å². The van der Waals surface area contributed by atoms with Gasteiger partial charge in [0.1, 0.15) is 5.75 Å². The van der Waals surface area contributed by atoms with Crippen LogP contribution in [-0.4, -0.2) is 25.1 Å². The van der Waals surface area contributed by atoms with Crippen LogP contribution in [0.5, 0.6) is 5.75 Å². The van der Waals surface area contributed by atoms with E-state index in [-0.39, 0.29) is 18.6 Å². The fraction of sp³-hybridized carbons (Fsp3) is 0.429. The second-order valence-corrected chi connectivity index (χ2v) is 5.35. The van der Waals surface area contributed by atoms with Gasteiger partial charge in [0.2, 0.25) is 0 Å². The number of benzene rings is 1. The summed E-state index contributed by atoms with van der Waals surface area (Å²) in [4.78, 5) is 11.4. The zero-order chi connectivity index (χ0) is 15.0. The zero-order valence-corrected chi connectivity index (χ0v) is 12.9. The number of nitriles is 1. The molecule has 1 aromatic carbocycles. The molecule has 0 aromatic heterocycles. The average molecular weight is 340 g/mol. The highest BCUT2D eigenvalue weighted by Crippen LogP contribution is 2.26. The van der Waals surface area contributed by atoms with E-state index in [1.54, 1.807) is 0 Å².